The standard InChI is InChI=1S/C13H12N2O4S2/c1-9-7-8-14-13(12(9)15(16)17)20-10-5-3-4-6-11(10)21(2,18)19/h3-8H,1-2H3. The predicted molar refractivity (Wildman–Crippen MR) is 79.3 cm³/mol. The minimum Gasteiger partial charge on any atom is -0.258 e. The average Bonchev–Trinajstić information content (AvgIpc) is 2.37. The lowest BCUT2D eigenvalue weighted by atomic mass is 10.3. The Morgan fingerprint density at radius 3 is 2.52 bits per heavy atom. The van der Waals surface area contributed by atoms with E-state index in [2.05, 4.69) is 4.98 Å². The fourth-order valence-corrected chi connectivity index (χ4v) is 4.07. The molecular weight excluding hydrogens is 312 g/mol. The molecule has 0 bridgehead atoms. The zero-order valence-corrected chi connectivity index (χ0v) is 12.9. The van der Waals surface area contributed by atoms with Crippen LogP contribution in [0.1, 0.15) is 5.56 Å². The van der Waals surface area contributed by atoms with E-state index in [9.17, 15) is 18.5 Å². The van der Waals surface area contributed by atoms with Gasteiger partial charge in [0.15, 0.2) is 14.9 Å². The van der Waals surface area contributed by atoms with Gasteiger partial charge in [0.2, 0.25) is 0 Å². The maximum atomic E-state index is 11.8. The first-order valence-corrected chi connectivity index (χ1v) is 8.58. The number of benzene rings is 1. The molecule has 21 heavy (non-hydrogen) atoms. The summed E-state index contributed by atoms with van der Waals surface area (Å²) in [7, 11) is -3.42. The highest BCUT2D eigenvalue weighted by Crippen LogP contribution is 2.37. The molecular formula is C13H12N2O4S2. The minimum absolute atomic E-state index is 0.106. The number of pyridine rings is 1. The molecule has 0 aliphatic rings. The molecule has 0 amide bonds. The van der Waals surface area contributed by atoms with Gasteiger partial charge in [-0.2, -0.15) is 0 Å². The summed E-state index contributed by atoms with van der Waals surface area (Å²) in [5.74, 6) is 0. The van der Waals surface area contributed by atoms with Crippen molar-refractivity contribution < 1.29 is 13.3 Å². The van der Waals surface area contributed by atoms with Gasteiger partial charge < -0.3 is 0 Å². The zero-order valence-electron chi connectivity index (χ0n) is 11.3. The molecule has 0 spiro atoms. The van der Waals surface area contributed by atoms with Crippen molar-refractivity contribution in [2.24, 2.45) is 0 Å². The number of rotatable bonds is 4. The van der Waals surface area contributed by atoms with Crippen LogP contribution in [0.25, 0.3) is 0 Å². The van der Waals surface area contributed by atoms with E-state index in [4.69, 9.17) is 0 Å². The van der Waals surface area contributed by atoms with Gasteiger partial charge in [0.1, 0.15) is 0 Å². The lowest BCUT2D eigenvalue weighted by molar-refractivity contribution is -0.388. The Labute approximate surface area is 126 Å². The van der Waals surface area contributed by atoms with Crippen LogP contribution >= 0.6 is 11.8 Å². The molecule has 1 heterocycles. The molecule has 0 radical (unpaired) electrons. The SMILES string of the molecule is Cc1ccnc(Sc2ccccc2S(C)(=O)=O)c1[N+](=O)[O-]. The number of aromatic nitrogens is 1. The van der Waals surface area contributed by atoms with E-state index in [1.807, 2.05) is 0 Å². The van der Waals surface area contributed by atoms with E-state index in [1.54, 1.807) is 31.2 Å². The molecule has 0 aliphatic heterocycles. The summed E-state index contributed by atoms with van der Waals surface area (Å²) < 4.78 is 23.5. The maximum Gasteiger partial charge on any atom is 0.304 e. The summed E-state index contributed by atoms with van der Waals surface area (Å²) in [5, 5.41) is 11.3. The van der Waals surface area contributed by atoms with Gasteiger partial charge in [0, 0.05) is 22.9 Å². The van der Waals surface area contributed by atoms with Gasteiger partial charge in [-0.25, -0.2) is 13.4 Å². The van der Waals surface area contributed by atoms with Crippen LogP contribution in [0, 0.1) is 17.0 Å². The molecule has 1 aromatic carbocycles. The molecule has 6 nitrogen and oxygen atoms in total. The van der Waals surface area contributed by atoms with Crippen LogP contribution in [0.4, 0.5) is 5.69 Å². The molecule has 0 unspecified atom stereocenters. The van der Waals surface area contributed by atoms with Gasteiger partial charge in [0.25, 0.3) is 0 Å². The number of hydrogen-bond donors (Lipinski definition) is 0. The number of hydrogen-bond acceptors (Lipinski definition) is 6. The quantitative estimate of drug-likeness (QED) is 0.634. The second-order valence-electron chi connectivity index (χ2n) is 4.36. The lowest BCUT2D eigenvalue weighted by Gasteiger charge is -2.07. The maximum absolute atomic E-state index is 11.8. The summed E-state index contributed by atoms with van der Waals surface area (Å²) in [6.45, 7) is 1.62. The molecule has 1 aromatic heterocycles. The Morgan fingerprint density at radius 1 is 1.24 bits per heavy atom. The van der Waals surface area contributed by atoms with E-state index in [0.717, 1.165) is 18.0 Å². The van der Waals surface area contributed by atoms with Crippen molar-refractivity contribution in [2.45, 2.75) is 21.7 Å². The molecule has 8 heteroatoms. The highest BCUT2D eigenvalue weighted by atomic mass is 32.2. The predicted octanol–water partition coefficient (Wildman–Crippen LogP) is 2.85. The molecule has 110 valence electrons. The average molecular weight is 324 g/mol. The first-order chi connectivity index (χ1) is 9.80. The van der Waals surface area contributed by atoms with Crippen molar-refractivity contribution in [3.05, 3.63) is 52.2 Å². The monoisotopic (exact) mass is 324 g/mol. The van der Waals surface area contributed by atoms with Crippen molar-refractivity contribution in [1.82, 2.24) is 4.98 Å². The Morgan fingerprint density at radius 2 is 1.90 bits per heavy atom. The second-order valence-corrected chi connectivity index (χ2v) is 7.37. The van der Waals surface area contributed by atoms with Gasteiger partial charge in [0.05, 0.1) is 9.82 Å². The Kier molecular flexibility index (Phi) is 4.29. The number of nitrogens with zero attached hydrogens (tertiary/aromatic N) is 2. The second kappa shape index (κ2) is 5.82. The third kappa shape index (κ3) is 3.40. The third-order valence-corrected chi connectivity index (χ3v) is 5.08. The van der Waals surface area contributed by atoms with Crippen LogP contribution in [0.3, 0.4) is 0 Å². The molecule has 2 rings (SSSR count). The van der Waals surface area contributed by atoms with Crippen molar-refractivity contribution in [1.29, 1.82) is 0 Å². The van der Waals surface area contributed by atoms with Crippen LogP contribution < -0.4 is 0 Å². The smallest absolute Gasteiger partial charge is 0.258 e. The molecule has 0 N–H and O–H groups in total. The molecule has 0 saturated carbocycles. The van der Waals surface area contributed by atoms with Gasteiger partial charge in [-0.15, -0.1) is 0 Å². The summed E-state index contributed by atoms with van der Waals surface area (Å²) >= 11 is 0.978. The van der Waals surface area contributed by atoms with E-state index in [0.29, 0.717) is 10.5 Å². The van der Waals surface area contributed by atoms with Crippen molar-refractivity contribution in [3.63, 3.8) is 0 Å². The van der Waals surface area contributed by atoms with E-state index in [-0.39, 0.29) is 15.6 Å². The Bertz CT molecular complexity index is 804. The van der Waals surface area contributed by atoms with Crippen LogP contribution in [0.5, 0.6) is 0 Å². The molecule has 0 atom stereocenters. The van der Waals surface area contributed by atoms with Crippen molar-refractivity contribution >= 4 is 27.3 Å². The minimum atomic E-state index is -3.42. The fourth-order valence-electron chi connectivity index (χ4n) is 1.77. The number of sulfone groups is 1. The fraction of sp³-hybridized carbons (Fsp3) is 0.154. The van der Waals surface area contributed by atoms with Crippen LogP contribution in [0.2, 0.25) is 0 Å². The van der Waals surface area contributed by atoms with Crippen LogP contribution in [0.15, 0.2) is 51.3 Å². The van der Waals surface area contributed by atoms with E-state index >= 15 is 0 Å². The first kappa shape index (κ1) is 15.5. The van der Waals surface area contributed by atoms with Crippen molar-refractivity contribution in [3.8, 4) is 0 Å². The van der Waals surface area contributed by atoms with Gasteiger partial charge in [-0.3, -0.25) is 10.1 Å². The number of aryl methyl sites for hydroxylation is 1. The lowest BCUT2D eigenvalue weighted by Crippen LogP contribution is -2.00. The third-order valence-electron chi connectivity index (χ3n) is 2.73. The van der Waals surface area contributed by atoms with Crippen LogP contribution in [-0.2, 0) is 9.84 Å². The highest BCUT2D eigenvalue weighted by molar-refractivity contribution is 8.00. The molecule has 0 fully saturated rings. The molecule has 0 saturated heterocycles. The summed E-state index contributed by atoms with van der Waals surface area (Å²) in [4.78, 5) is 15.2. The van der Waals surface area contributed by atoms with Gasteiger partial charge in [-0.1, -0.05) is 23.9 Å². The zero-order chi connectivity index (χ0) is 15.6. The van der Waals surface area contributed by atoms with E-state index < -0.39 is 14.8 Å². The summed E-state index contributed by atoms with van der Waals surface area (Å²) in [6, 6.07) is 7.91. The topological polar surface area (TPSA) is 90.2 Å². The normalized spacial score (nSPS) is 11.3. The van der Waals surface area contributed by atoms with Gasteiger partial charge in [-0.05, 0) is 25.1 Å². The molecule has 0 aliphatic carbocycles. The highest BCUT2D eigenvalue weighted by Gasteiger charge is 2.22. The van der Waals surface area contributed by atoms with Crippen molar-refractivity contribution in [2.75, 3.05) is 6.26 Å². The summed E-state index contributed by atoms with van der Waals surface area (Å²) in [5.41, 5.74) is 0.375. The van der Waals surface area contributed by atoms with Gasteiger partial charge >= 0.3 is 5.69 Å². The summed E-state index contributed by atoms with van der Waals surface area (Å²) in [6.07, 6.45) is 2.57. The van der Waals surface area contributed by atoms with Crippen LogP contribution in [-0.4, -0.2) is 24.6 Å². The van der Waals surface area contributed by atoms with E-state index in [1.165, 1.54) is 12.3 Å². The Balaban J connectivity index is 2.55. The molecule has 2 aromatic rings. The number of nitro groups is 1. The first-order valence-electron chi connectivity index (χ1n) is 5.87. The Hall–Kier alpha value is -1.93. The largest absolute Gasteiger partial charge is 0.304 e.